The number of rotatable bonds is 5. The lowest BCUT2D eigenvalue weighted by atomic mass is 10.0. The molecule has 0 aliphatic carbocycles. The number of ether oxygens (including phenoxy) is 1. The van der Waals surface area contributed by atoms with Crippen molar-refractivity contribution in [2.75, 3.05) is 0 Å². The highest BCUT2D eigenvalue weighted by atomic mass is 32.1. The Bertz CT molecular complexity index is 1290. The molecule has 0 saturated carbocycles. The van der Waals surface area contributed by atoms with Gasteiger partial charge in [0.2, 0.25) is 4.96 Å². The smallest absolute Gasteiger partial charge is 0.339 e. The molecular formula is C21H20N4O3S. The number of aryl methyl sites for hydroxylation is 2. The summed E-state index contributed by atoms with van der Waals surface area (Å²) in [7, 11) is 0. The van der Waals surface area contributed by atoms with Crippen LogP contribution >= 0.6 is 11.3 Å². The molecular weight excluding hydrogens is 388 g/mol. The third kappa shape index (κ3) is 3.51. The summed E-state index contributed by atoms with van der Waals surface area (Å²) in [6.45, 7) is 5.78. The van der Waals surface area contributed by atoms with E-state index < -0.39 is 5.97 Å². The molecule has 3 aromatic heterocycles. The Labute approximate surface area is 171 Å². The van der Waals surface area contributed by atoms with E-state index in [1.165, 1.54) is 21.9 Å². The summed E-state index contributed by atoms with van der Waals surface area (Å²) in [5.74, 6) is -0.448. The average Bonchev–Trinajstić information content (AvgIpc) is 3.15. The van der Waals surface area contributed by atoms with Crippen LogP contribution in [0, 0.1) is 6.92 Å². The molecule has 0 aliphatic heterocycles. The predicted molar refractivity (Wildman–Crippen MR) is 111 cm³/mol. The van der Waals surface area contributed by atoms with Crippen molar-refractivity contribution in [2.24, 2.45) is 0 Å². The lowest BCUT2D eigenvalue weighted by Gasteiger charge is -2.13. The second kappa shape index (κ2) is 7.71. The number of benzene rings is 1. The molecule has 4 aromatic rings. The Morgan fingerprint density at radius 1 is 1.17 bits per heavy atom. The molecule has 0 saturated heterocycles. The normalized spacial score (nSPS) is 11.3. The zero-order chi connectivity index (χ0) is 20.5. The van der Waals surface area contributed by atoms with Gasteiger partial charge >= 0.3 is 5.97 Å². The molecule has 0 N–H and O–H groups in total. The summed E-state index contributed by atoms with van der Waals surface area (Å²) in [6.07, 6.45) is 1.45. The molecule has 0 fully saturated rings. The van der Waals surface area contributed by atoms with Crippen LogP contribution in [0.15, 0.2) is 35.1 Å². The molecule has 0 aliphatic rings. The average molecular weight is 408 g/mol. The van der Waals surface area contributed by atoms with Gasteiger partial charge in [-0.2, -0.15) is 9.61 Å². The quantitative estimate of drug-likeness (QED) is 0.470. The van der Waals surface area contributed by atoms with E-state index >= 15 is 0 Å². The van der Waals surface area contributed by atoms with Crippen molar-refractivity contribution in [3.8, 4) is 0 Å². The van der Waals surface area contributed by atoms with E-state index in [0.717, 1.165) is 40.0 Å². The first kappa shape index (κ1) is 19.2. The van der Waals surface area contributed by atoms with Gasteiger partial charge in [0, 0.05) is 17.1 Å². The molecule has 0 radical (unpaired) electrons. The maximum absolute atomic E-state index is 12.9. The Morgan fingerprint density at radius 2 is 1.97 bits per heavy atom. The first-order valence-electron chi connectivity index (χ1n) is 9.45. The van der Waals surface area contributed by atoms with Gasteiger partial charge in [0.15, 0.2) is 0 Å². The number of para-hydroxylation sites is 1. The number of nitrogens with zero attached hydrogens (tertiary/aromatic N) is 4. The molecule has 148 valence electrons. The van der Waals surface area contributed by atoms with E-state index in [1.54, 1.807) is 0 Å². The highest BCUT2D eigenvalue weighted by molar-refractivity contribution is 7.16. The standard InChI is InChI=1S/C21H20N4O3S/c1-4-15-12(3)19(14-8-6-7-9-16(14)23-15)20(27)28-11-13-10-18(26)25-21(22-13)29-17(5-2)24-25/h6-10H,4-5,11H2,1-3H3. The van der Waals surface area contributed by atoms with Crippen molar-refractivity contribution in [2.45, 2.75) is 40.2 Å². The van der Waals surface area contributed by atoms with Crippen LogP contribution in [-0.4, -0.2) is 25.6 Å². The Hall–Kier alpha value is -3.13. The van der Waals surface area contributed by atoms with Crippen LogP contribution in [0.25, 0.3) is 15.9 Å². The van der Waals surface area contributed by atoms with Crippen molar-refractivity contribution < 1.29 is 9.53 Å². The number of pyridine rings is 1. The minimum absolute atomic E-state index is 0.0819. The van der Waals surface area contributed by atoms with E-state index in [-0.39, 0.29) is 12.2 Å². The molecule has 29 heavy (non-hydrogen) atoms. The zero-order valence-corrected chi connectivity index (χ0v) is 17.2. The van der Waals surface area contributed by atoms with Gasteiger partial charge in [-0.15, -0.1) is 0 Å². The molecule has 0 atom stereocenters. The minimum atomic E-state index is -0.448. The second-order valence-corrected chi connectivity index (χ2v) is 7.68. The Balaban J connectivity index is 1.66. The summed E-state index contributed by atoms with van der Waals surface area (Å²) < 4.78 is 6.83. The van der Waals surface area contributed by atoms with E-state index in [2.05, 4.69) is 15.1 Å². The van der Waals surface area contributed by atoms with E-state index in [0.29, 0.717) is 16.2 Å². The molecule has 1 aromatic carbocycles. The third-order valence-electron chi connectivity index (χ3n) is 4.77. The van der Waals surface area contributed by atoms with Gasteiger partial charge in [0.1, 0.15) is 11.6 Å². The molecule has 0 bridgehead atoms. The van der Waals surface area contributed by atoms with Crippen LogP contribution in [0.2, 0.25) is 0 Å². The number of carbonyl (C=O) groups excluding carboxylic acids is 1. The van der Waals surface area contributed by atoms with Crippen molar-refractivity contribution >= 4 is 33.2 Å². The lowest BCUT2D eigenvalue weighted by Crippen LogP contribution is -2.17. The summed E-state index contributed by atoms with van der Waals surface area (Å²) in [5.41, 5.74) is 3.07. The van der Waals surface area contributed by atoms with Gasteiger partial charge in [0.05, 0.1) is 16.8 Å². The monoisotopic (exact) mass is 408 g/mol. The highest BCUT2D eigenvalue weighted by Gasteiger charge is 2.19. The van der Waals surface area contributed by atoms with Gasteiger partial charge < -0.3 is 4.74 Å². The highest BCUT2D eigenvalue weighted by Crippen LogP contribution is 2.24. The maximum atomic E-state index is 12.9. The van der Waals surface area contributed by atoms with Gasteiger partial charge in [-0.05, 0) is 31.4 Å². The summed E-state index contributed by atoms with van der Waals surface area (Å²) in [6, 6.07) is 8.87. The number of aromatic nitrogens is 4. The molecule has 0 amide bonds. The maximum Gasteiger partial charge on any atom is 0.339 e. The molecule has 3 heterocycles. The SMILES string of the molecule is CCc1nn2c(=O)cc(COC(=O)c3c(C)c(CC)nc4ccccc34)nc2s1. The fourth-order valence-electron chi connectivity index (χ4n) is 3.29. The summed E-state index contributed by atoms with van der Waals surface area (Å²) in [4.78, 5) is 34.8. The van der Waals surface area contributed by atoms with Crippen LogP contribution in [-0.2, 0) is 24.2 Å². The molecule has 0 spiro atoms. The van der Waals surface area contributed by atoms with Gasteiger partial charge in [-0.25, -0.2) is 9.78 Å². The number of esters is 1. The topological polar surface area (TPSA) is 86.5 Å². The van der Waals surface area contributed by atoms with Gasteiger partial charge in [-0.3, -0.25) is 9.78 Å². The first-order valence-corrected chi connectivity index (χ1v) is 10.3. The number of hydrogen-bond acceptors (Lipinski definition) is 7. The van der Waals surface area contributed by atoms with Crippen LogP contribution in [0.1, 0.15) is 46.2 Å². The molecule has 7 nitrogen and oxygen atoms in total. The number of carbonyl (C=O) groups is 1. The number of hydrogen-bond donors (Lipinski definition) is 0. The summed E-state index contributed by atoms with van der Waals surface area (Å²) in [5, 5.41) is 5.81. The van der Waals surface area contributed by atoms with E-state index in [9.17, 15) is 9.59 Å². The van der Waals surface area contributed by atoms with Crippen LogP contribution < -0.4 is 5.56 Å². The molecule has 4 rings (SSSR count). The first-order chi connectivity index (χ1) is 14.0. The van der Waals surface area contributed by atoms with Crippen LogP contribution in [0.5, 0.6) is 0 Å². The largest absolute Gasteiger partial charge is 0.456 e. The van der Waals surface area contributed by atoms with Gasteiger partial charge in [0.25, 0.3) is 5.56 Å². The van der Waals surface area contributed by atoms with Crippen molar-refractivity contribution in [3.63, 3.8) is 0 Å². The lowest BCUT2D eigenvalue weighted by molar-refractivity contribution is 0.0469. The van der Waals surface area contributed by atoms with Crippen LogP contribution in [0.3, 0.4) is 0 Å². The van der Waals surface area contributed by atoms with Crippen LogP contribution in [0.4, 0.5) is 0 Å². The fourth-order valence-corrected chi connectivity index (χ4v) is 4.15. The summed E-state index contributed by atoms with van der Waals surface area (Å²) >= 11 is 1.36. The van der Waals surface area contributed by atoms with E-state index in [1.807, 2.05) is 45.0 Å². The Kier molecular flexibility index (Phi) is 5.10. The molecule has 8 heteroatoms. The second-order valence-electron chi connectivity index (χ2n) is 6.63. The minimum Gasteiger partial charge on any atom is -0.456 e. The van der Waals surface area contributed by atoms with Crippen molar-refractivity contribution in [1.82, 2.24) is 19.6 Å². The van der Waals surface area contributed by atoms with Crippen molar-refractivity contribution in [1.29, 1.82) is 0 Å². The predicted octanol–water partition coefficient (Wildman–Crippen LogP) is 3.49. The fraction of sp³-hybridized carbons (Fsp3) is 0.286. The Morgan fingerprint density at radius 3 is 2.72 bits per heavy atom. The van der Waals surface area contributed by atoms with Crippen molar-refractivity contribution in [3.05, 3.63) is 68.2 Å². The molecule has 0 unspecified atom stereocenters. The third-order valence-corrected chi connectivity index (χ3v) is 5.82. The van der Waals surface area contributed by atoms with E-state index in [4.69, 9.17) is 4.74 Å². The number of fused-ring (bicyclic) bond motifs is 2. The zero-order valence-electron chi connectivity index (χ0n) is 16.4. The van der Waals surface area contributed by atoms with Gasteiger partial charge in [-0.1, -0.05) is 43.4 Å².